The number of imide groups is 1. The number of benzene rings is 2. The summed E-state index contributed by atoms with van der Waals surface area (Å²) >= 11 is 0. The number of piperidine rings is 2. The van der Waals surface area contributed by atoms with Crippen LogP contribution in [0.1, 0.15) is 53.6 Å². The smallest absolute Gasteiger partial charge is 0.257 e. The number of aromatic amines is 1. The number of likely N-dealkylation sites (tertiary alicyclic amines) is 2. The third-order valence-electron chi connectivity index (χ3n) is 13.7. The fourth-order valence-corrected chi connectivity index (χ4v) is 10.2. The molecular formula is C44H49FN8O6. The summed E-state index contributed by atoms with van der Waals surface area (Å²) < 4.78 is 27.9. The molecule has 0 bridgehead atoms. The van der Waals surface area contributed by atoms with E-state index in [4.69, 9.17) is 9.47 Å². The van der Waals surface area contributed by atoms with Crippen molar-refractivity contribution in [3.63, 3.8) is 0 Å². The maximum atomic E-state index is 16.0. The number of halogens is 1. The van der Waals surface area contributed by atoms with Crippen LogP contribution >= 0.6 is 0 Å². The topological polar surface area (TPSA) is 144 Å². The number of H-pyrrole nitrogens is 1. The number of hydrogen-bond acceptors (Lipinski definition) is 11. The average Bonchev–Trinajstić information content (AvgIpc) is 3.51. The van der Waals surface area contributed by atoms with Gasteiger partial charge < -0.3 is 34.1 Å². The number of carbonyl (C=O) groups excluding carboxylic acids is 3. The van der Waals surface area contributed by atoms with Crippen LogP contribution < -0.4 is 30.1 Å². The van der Waals surface area contributed by atoms with Crippen molar-refractivity contribution in [1.82, 2.24) is 30.0 Å². The molecule has 0 aliphatic carbocycles. The Hall–Kier alpha value is -5.54. The summed E-state index contributed by atoms with van der Waals surface area (Å²) in [6.07, 6.45) is 6.92. The van der Waals surface area contributed by atoms with E-state index >= 15 is 4.39 Å². The Bertz CT molecular complexity index is 2400. The van der Waals surface area contributed by atoms with Gasteiger partial charge in [0, 0.05) is 105 Å². The Morgan fingerprint density at radius 2 is 1.66 bits per heavy atom. The SMILES string of the molecule is COc1cc(-c2c[nH]c(=O)c3cnc(N4CCC4)c(F)c23)cc(OC)c1CN1CC(CN2CCC3(CC2)CN(c2ccc4c(c2)C(=O)N(C2CCC(=O)NC2=O)C4)C3)C1. The Labute approximate surface area is 341 Å². The molecule has 3 amide bonds. The van der Waals surface area contributed by atoms with Gasteiger partial charge in [-0.1, -0.05) is 6.07 Å². The molecule has 0 radical (unpaired) electrons. The molecule has 1 atom stereocenters. The number of aromatic nitrogens is 2. The van der Waals surface area contributed by atoms with E-state index in [-0.39, 0.29) is 46.3 Å². The van der Waals surface area contributed by atoms with Gasteiger partial charge in [-0.15, -0.1) is 0 Å². The van der Waals surface area contributed by atoms with E-state index in [1.54, 1.807) is 25.3 Å². The van der Waals surface area contributed by atoms with Crippen LogP contribution in [0.4, 0.5) is 15.9 Å². The van der Waals surface area contributed by atoms with E-state index in [2.05, 4.69) is 36.1 Å². The van der Waals surface area contributed by atoms with Gasteiger partial charge in [-0.3, -0.25) is 29.4 Å². The number of carbonyl (C=O) groups is 3. The van der Waals surface area contributed by atoms with E-state index in [9.17, 15) is 19.2 Å². The molecule has 14 nitrogen and oxygen atoms in total. The molecule has 2 N–H and O–H groups in total. The van der Waals surface area contributed by atoms with Gasteiger partial charge in [0.15, 0.2) is 11.6 Å². The van der Waals surface area contributed by atoms with Crippen LogP contribution in [0.5, 0.6) is 11.5 Å². The molecule has 1 unspecified atom stereocenters. The lowest BCUT2D eigenvalue weighted by atomic mass is 9.71. The summed E-state index contributed by atoms with van der Waals surface area (Å²) in [4.78, 5) is 68.2. The van der Waals surface area contributed by atoms with Crippen molar-refractivity contribution in [1.29, 1.82) is 0 Å². The summed E-state index contributed by atoms with van der Waals surface area (Å²) in [5, 5.41) is 2.82. The van der Waals surface area contributed by atoms with E-state index < -0.39 is 11.9 Å². The number of nitrogens with one attached hydrogen (secondary N) is 2. The second-order valence-corrected chi connectivity index (χ2v) is 17.4. The van der Waals surface area contributed by atoms with Gasteiger partial charge in [-0.2, -0.15) is 0 Å². The molecule has 15 heteroatoms. The standard InChI is InChI=1S/C44H49FN8O6/c1-58-35-14-28(31-17-47-41(55)32-18-46-40(39(45)38(31)32)51-10-3-11-51)15-36(59-2)33(35)23-50-20-26(21-50)19-49-12-8-44(9-13-49)24-52(25-44)29-5-4-27-22-53(43(57)30(27)16-29)34-6-7-37(54)48-42(34)56/h4-5,14-18,26,34H,3,6-13,19-25H2,1-2H3,(H,47,55)(H,48,54,56). The number of hydrogen-bond donors (Lipinski definition) is 2. The highest BCUT2D eigenvalue weighted by Gasteiger charge is 2.46. The van der Waals surface area contributed by atoms with Crippen LogP contribution in [0, 0.1) is 17.2 Å². The number of nitrogens with zero attached hydrogens (tertiary/aromatic N) is 6. The fraction of sp³-hybridized carbons (Fsp3) is 0.477. The van der Waals surface area contributed by atoms with Crippen molar-refractivity contribution in [3.8, 4) is 22.6 Å². The Balaban J connectivity index is 0.735. The zero-order chi connectivity index (χ0) is 40.6. The van der Waals surface area contributed by atoms with Crippen molar-refractivity contribution in [2.45, 2.75) is 51.2 Å². The third kappa shape index (κ3) is 6.58. The van der Waals surface area contributed by atoms with E-state index in [0.29, 0.717) is 59.0 Å². The number of amides is 3. The first-order chi connectivity index (χ1) is 28.6. The third-order valence-corrected chi connectivity index (χ3v) is 13.7. The summed E-state index contributed by atoms with van der Waals surface area (Å²) in [7, 11) is 3.27. The van der Waals surface area contributed by atoms with E-state index in [1.165, 1.54) is 6.20 Å². The summed E-state index contributed by atoms with van der Waals surface area (Å²) in [5.74, 6) is 0.856. The van der Waals surface area contributed by atoms with Gasteiger partial charge >= 0.3 is 0 Å². The first kappa shape index (κ1) is 37.7. The predicted octanol–water partition coefficient (Wildman–Crippen LogP) is 3.75. The van der Waals surface area contributed by atoms with Crippen LogP contribution in [-0.4, -0.2) is 122 Å². The van der Waals surface area contributed by atoms with E-state index in [1.807, 2.05) is 29.2 Å². The molecule has 1 spiro atoms. The minimum Gasteiger partial charge on any atom is -0.496 e. The summed E-state index contributed by atoms with van der Waals surface area (Å²) in [6, 6.07) is 9.31. The molecule has 8 heterocycles. The second-order valence-electron chi connectivity index (χ2n) is 17.4. The molecule has 4 aromatic rings. The first-order valence-electron chi connectivity index (χ1n) is 20.8. The molecule has 5 saturated heterocycles. The molecular weight excluding hydrogens is 756 g/mol. The lowest BCUT2D eigenvalue weighted by Crippen LogP contribution is -2.61. The largest absolute Gasteiger partial charge is 0.496 e. The van der Waals surface area contributed by atoms with Crippen molar-refractivity contribution in [2.24, 2.45) is 11.3 Å². The van der Waals surface area contributed by atoms with Crippen LogP contribution in [0.3, 0.4) is 0 Å². The highest BCUT2D eigenvalue weighted by Crippen LogP contribution is 2.45. The van der Waals surface area contributed by atoms with Crippen LogP contribution in [0.25, 0.3) is 21.9 Å². The van der Waals surface area contributed by atoms with Gasteiger partial charge in [0.1, 0.15) is 17.5 Å². The lowest BCUT2D eigenvalue weighted by Gasteiger charge is -2.55. The quantitative estimate of drug-likeness (QED) is 0.227. The lowest BCUT2D eigenvalue weighted by molar-refractivity contribution is -0.136. The Morgan fingerprint density at radius 1 is 0.915 bits per heavy atom. The van der Waals surface area contributed by atoms with Crippen molar-refractivity contribution >= 4 is 40.0 Å². The zero-order valence-corrected chi connectivity index (χ0v) is 33.5. The summed E-state index contributed by atoms with van der Waals surface area (Å²) in [6.45, 7) is 9.67. The highest BCUT2D eigenvalue weighted by atomic mass is 19.1. The number of pyridine rings is 2. The average molecular weight is 805 g/mol. The van der Waals surface area contributed by atoms with Gasteiger partial charge in [-0.05, 0) is 80.1 Å². The van der Waals surface area contributed by atoms with Crippen LogP contribution in [0.2, 0.25) is 0 Å². The molecule has 6 aliphatic rings. The fourth-order valence-electron chi connectivity index (χ4n) is 10.2. The molecule has 2 aromatic carbocycles. The maximum absolute atomic E-state index is 16.0. The second kappa shape index (κ2) is 14.6. The first-order valence-corrected chi connectivity index (χ1v) is 20.8. The normalized spacial score (nSPS) is 22.0. The van der Waals surface area contributed by atoms with Gasteiger partial charge in [0.05, 0.1) is 25.2 Å². The molecule has 0 saturated carbocycles. The van der Waals surface area contributed by atoms with Crippen molar-refractivity contribution in [2.75, 3.05) is 82.9 Å². The van der Waals surface area contributed by atoms with Gasteiger partial charge in [0.2, 0.25) is 11.8 Å². The molecule has 5 fully saturated rings. The van der Waals surface area contributed by atoms with Crippen LogP contribution in [-0.2, 0) is 22.7 Å². The monoisotopic (exact) mass is 804 g/mol. The predicted molar refractivity (Wildman–Crippen MR) is 219 cm³/mol. The number of ether oxygens (including phenoxy) is 2. The molecule has 6 aliphatic heterocycles. The molecule has 2 aromatic heterocycles. The molecule has 308 valence electrons. The Morgan fingerprint density at radius 3 is 2.34 bits per heavy atom. The molecule has 10 rings (SSSR count). The summed E-state index contributed by atoms with van der Waals surface area (Å²) in [5.41, 5.74) is 4.72. The Kier molecular flexibility index (Phi) is 9.35. The van der Waals surface area contributed by atoms with Crippen molar-refractivity contribution < 1.29 is 28.2 Å². The maximum Gasteiger partial charge on any atom is 0.257 e. The zero-order valence-electron chi connectivity index (χ0n) is 33.5. The van der Waals surface area contributed by atoms with E-state index in [0.717, 1.165) is 95.0 Å². The van der Waals surface area contributed by atoms with Crippen LogP contribution in [0.15, 0.2) is 47.5 Å². The van der Waals surface area contributed by atoms with Crippen molar-refractivity contribution in [3.05, 3.63) is 75.6 Å². The van der Waals surface area contributed by atoms with Gasteiger partial charge in [0.25, 0.3) is 11.5 Å². The number of rotatable bonds is 10. The number of anilines is 2. The van der Waals surface area contributed by atoms with Gasteiger partial charge in [-0.25, -0.2) is 9.37 Å². The minimum atomic E-state index is -0.602. The highest BCUT2D eigenvalue weighted by molar-refractivity contribution is 6.05. The number of methoxy groups -OCH3 is 2. The number of fused-ring (bicyclic) bond motifs is 2. The molecule has 59 heavy (non-hydrogen) atoms. The minimum absolute atomic E-state index is 0.131.